The lowest BCUT2D eigenvalue weighted by Gasteiger charge is -2.28. The fourth-order valence-electron chi connectivity index (χ4n) is 3.05. The lowest BCUT2D eigenvalue weighted by molar-refractivity contribution is -0.142. The van der Waals surface area contributed by atoms with Crippen LogP contribution in [0.25, 0.3) is 0 Å². The molecule has 0 bridgehead atoms. The minimum absolute atomic E-state index is 0.0158. The number of nitrogens with two attached hydrogens (primary N) is 1. The summed E-state index contributed by atoms with van der Waals surface area (Å²) in [5.74, 6) is -1.89. The average Bonchev–Trinajstić information content (AvgIpc) is 2.80. The van der Waals surface area contributed by atoms with Crippen LogP contribution in [0, 0.1) is 0 Å². The highest BCUT2D eigenvalue weighted by molar-refractivity contribution is 5.98. The maximum atomic E-state index is 12.9. The molecule has 5 N–H and O–H groups in total. The number of carboxylic acids is 1. The van der Waals surface area contributed by atoms with Gasteiger partial charge in [-0.25, -0.2) is 14.4 Å². The van der Waals surface area contributed by atoms with Gasteiger partial charge in [-0.3, -0.25) is 9.69 Å². The Hall–Kier alpha value is -4.08. The third-order valence-electron chi connectivity index (χ3n) is 4.79. The van der Waals surface area contributed by atoms with Crippen LogP contribution in [0.3, 0.4) is 0 Å². The average molecular weight is 456 g/mol. The molecule has 10 heteroatoms. The van der Waals surface area contributed by atoms with Crippen molar-refractivity contribution in [2.24, 2.45) is 5.73 Å². The van der Waals surface area contributed by atoms with Crippen LogP contribution in [0.1, 0.15) is 25.3 Å². The number of amides is 4. The van der Waals surface area contributed by atoms with E-state index < -0.39 is 36.1 Å². The Bertz CT molecular complexity index is 938. The lowest BCUT2D eigenvalue weighted by Crippen LogP contribution is -2.52. The summed E-state index contributed by atoms with van der Waals surface area (Å²) in [6.07, 6.45) is -0.390. The summed E-state index contributed by atoms with van der Waals surface area (Å²) in [7, 11) is 0. The van der Waals surface area contributed by atoms with Crippen LogP contribution in [0.15, 0.2) is 60.7 Å². The number of hydrogen-bond donors (Lipinski definition) is 4. The summed E-state index contributed by atoms with van der Waals surface area (Å²) in [5, 5.41) is 14.3. The van der Waals surface area contributed by atoms with Gasteiger partial charge in [0.2, 0.25) is 5.91 Å². The van der Waals surface area contributed by atoms with E-state index in [1.165, 1.54) is 11.8 Å². The molecule has 0 radical (unpaired) electrons. The highest BCUT2D eigenvalue weighted by Gasteiger charge is 2.31. The molecule has 0 unspecified atom stereocenters. The topological polar surface area (TPSA) is 151 Å². The van der Waals surface area contributed by atoms with Gasteiger partial charge in [-0.05, 0) is 37.5 Å². The number of carboxylic acid groups (broad SMARTS) is 1. The molecule has 0 aliphatic rings. The molecular weight excluding hydrogens is 428 g/mol. The van der Waals surface area contributed by atoms with E-state index in [-0.39, 0.29) is 26.0 Å². The molecule has 0 heterocycles. The Labute approximate surface area is 191 Å². The summed E-state index contributed by atoms with van der Waals surface area (Å²) >= 11 is 0. The number of para-hydroxylation sites is 1. The summed E-state index contributed by atoms with van der Waals surface area (Å²) in [5.41, 5.74) is 6.19. The molecule has 0 saturated heterocycles. The molecule has 2 rings (SSSR count). The third-order valence-corrected chi connectivity index (χ3v) is 4.79. The Morgan fingerprint density at radius 1 is 1.03 bits per heavy atom. The summed E-state index contributed by atoms with van der Waals surface area (Å²) < 4.78 is 5.41. The molecule has 176 valence electrons. The maximum Gasteiger partial charge on any atom is 0.415 e. The van der Waals surface area contributed by atoms with Gasteiger partial charge in [0.15, 0.2) is 0 Å². The zero-order chi connectivity index (χ0) is 24.2. The Morgan fingerprint density at radius 3 is 2.21 bits per heavy atom. The smallest absolute Gasteiger partial charge is 0.415 e. The van der Waals surface area contributed by atoms with Crippen LogP contribution in [-0.2, 0) is 20.9 Å². The van der Waals surface area contributed by atoms with Crippen molar-refractivity contribution < 1.29 is 29.0 Å². The van der Waals surface area contributed by atoms with Crippen molar-refractivity contribution >= 4 is 29.7 Å². The number of aliphatic carboxylic acids is 1. The monoisotopic (exact) mass is 456 g/mol. The summed E-state index contributed by atoms with van der Waals surface area (Å²) in [4.78, 5) is 49.3. The number of primary amides is 1. The van der Waals surface area contributed by atoms with Crippen LogP contribution >= 0.6 is 0 Å². The minimum Gasteiger partial charge on any atom is -0.480 e. The van der Waals surface area contributed by atoms with E-state index in [2.05, 4.69) is 10.6 Å². The van der Waals surface area contributed by atoms with Crippen molar-refractivity contribution in [2.45, 2.75) is 38.5 Å². The third kappa shape index (κ3) is 8.17. The molecule has 0 aliphatic carbocycles. The van der Waals surface area contributed by atoms with E-state index in [0.29, 0.717) is 5.69 Å². The minimum atomic E-state index is -1.23. The zero-order valence-corrected chi connectivity index (χ0v) is 18.3. The second-order valence-electron chi connectivity index (χ2n) is 7.25. The molecule has 0 aromatic heterocycles. The van der Waals surface area contributed by atoms with Gasteiger partial charge < -0.3 is 26.2 Å². The van der Waals surface area contributed by atoms with Gasteiger partial charge in [-0.15, -0.1) is 0 Å². The Morgan fingerprint density at radius 2 is 1.64 bits per heavy atom. The van der Waals surface area contributed by atoms with Crippen molar-refractivity contribution in [1.29, 1.82) is 0 Å². The van der Waals surface area contributed by atoms with E-state index in [1.54, 1.807) is 42.5 Å². The summed E-state index contributed by atoms with van der Waals surface area (Å²) in [6.45, 7) is 1.67. The molecule has 0 spiro atoms. The quantitative estimate of drug-likeness (QED) is 0.381. The van der Waals surface area contributed by atoms with E-state index in [1.807, 2.05) is 18.2 Å². The van der Waals surface area contributed by atoms with Gasteiger partial charge in [0.05, 0.1) is 0 Å². The molecule has 0 saturated carbocycles. The number of benzene rings is 2. The Kier molecular flexibility index (Phi) is 9.69. The van der Waals surface area contributed by atoms with Crippen LogP contribution in [-0.4, -0.2) is 47.7 Å². The molecule has 0 fully saturated rings. The highest BCUT2D eigenvalue weighted by Crippen LogP contribution is 2.19. The Balaban J connectivity index is 2.09. The fourth-order valence-corrected chi connectivity index (χ4v) is 3.05. The molecule has 4 amide bonds. The van der Waals surface area contributed by atoms with Crippen molar-refractivity contribution in [3.05, 3.63) is 66.2 Å². The molecule has 10 nitrogen and oxygen atoms in total. The van der Waals surface area contributed by atoms with Crippen molar-refractivity contribution in [3.63, 3.8) is 0 Å². The molecule has 2 aromatic carbocycles. The highest BCUT2D eigenvalue weighted by atomic mass is 16.6. The first-order valence-electron chi connectivity index (χ1n) is 10.4. The first kappa shape index (κ1) is 25.2. The van der Waals surface area contributed by atoms with Crippen LogP contribution in [0.2, 0.25) is 0 Å². The summed E-state index contributed by atoms with van der Waals surface area (Å²) in [6, 6.07) is 14.6. The number of anilines is 1. The van der Waals surface area contributed by atoms with Crippen molar-refractivity contribution in [2.75, 3.05) is 11.4 Å². The number of carbonyl (C=O) groups is 4. The van der Waals surface area contributed by atoms with E-state index >= 15 is 0 Å². The van der Waals surface area contributed by atoms with Gasteiger partial charge in [0.1, 0.15) is 18.7 Å². The molecule has 33 heavy (non-hydrogen) atoms. The molecular formula is C23H28N4O6. The van der Waals surface area contributed by atoms with E-state index in [0.717, 1.165) is 5.56 Å². The van der Waals surface area contributed by atoms with E-state index in [9.17, 15) is 24.3 Å². The van der Waals surface area contributed by atoms with Gasteiger partial charge in [0.25, 0.3) is 0 Å². The van der Waals surface area contributed by atoms with Crippen molar-refractivity contribution in [3.8, 4) is 0 Å². The van der Waals surface area contributed by atoms with Crippen LogP contribution < -0.4 is 21.3 Å². The van der Waals surface area contributed by atoms with Gasteiger partial charge >= 0.3 is 18.1 Å². The first-order valence-corrected chi connectivity index (χ1v) is 10.4. The number of rotatable bonds is 11. The SMILES string of the molecule is C[C@@H](C(=O)N[C@@H](CCCNC(N)=O)C(=O)O)N(C(=O)OCc1ccccc1)c1ccccc1. The largest absolute Gasteiger partial charge is 0.480 e. The predicted molar refractivity (Wildman–Crippen MR) is 121 cm³/mol. The van der Waals surface area contributed by atoms with Crippen LogP contribution in [0.5, 0.6) is 0 Å². The molecule has 0 aliphatic heterocycles. The predicted octanol–water partition coefficient (Wildman–Crippen LogP) is 2.24. The number of nitrogens with zero attached hydrogens (tertiary/aromatic N) is 1. The zero-order valence-electron chi connectivity index (χ0n) is 18.3. The number of hydrogen-bond acceptors (Lipinski definition) is 5. The number of carbonyl (C=O) groups excluding carboxylic acids is 3. The second kappa shape index (κ2) is 12.7. The fraction of sp³-hybridized carbons (Fsp3) is 0.304. The first-order chi connectivity index (χ1) is 15.8. The van der Waals surface area contributed by atoms with Gasteiger partial charge in [-0.1, -0.05) is 48.5 Å². The number of urea groups is 1. The molecule has 2 atom stereocenters. The second-order valence-corrected chi connectivity index (χ2v) is 7.25. The van der Waals surface area contributed by atoms with Crippen molar-refractivity contribution in [1.82, 2.24) is 10.6 Å². The lowest BCUT2D eigenvalue weighted by atomic mass is 10.1. The van der Waals surface area contributed by atoms with Crippen LogP contribution in [0.4, 0.5) is 15.3 Å². The number of ether oxygens (including phenoxy) is 1. The molecule has 2 aromatic rings. The van der Waals surface area contributed by atoms with E-state index in [4.69, 9.17) is 10.5 Å². The normalized spacial score (nSPS) is 12.2. The maximum absolute atomic E-state index is 12.9. The van der Waals surface area contributed by atoms with Gasteiger partial charge in [-0.2, -0.15) is 0 Å². The number of nitrogens with one attached hydrogen (secondary N) is 2. The van der Waals surface area contributed by atoms with Gasteiger partial charge in [0, 0.05) is 12.2 Å². The standard InChI is InChI=1S/C23H28N4O6/c1-16(20(28)26-19(21(29)30)13-8-14-25-22(24)31)27(18-11-6-3-7-12-18)23(32)33-15-17-9-4-2-5-10-17/h2-7,9-12,16,19H,8,13-15H2,1H3,(H,26,28)(H,29,30)(H3,24,25,31)/t16-,19-/m0/s1.